The maximum atomic E-state index is 12.9. The molecular formula is C14H22N4O3. The first-order valence-corrected chi connectivity index (χ1v) is 7.65. The number of carbonyl (C=O) groups excluding carboxylic acids is 3. The fourth-order valence-electron chi connectivity index (χ4n) is 3.74. The number of urea groups is 1. The Morgan fingerprint density at radius 1 is 1.33 bits per heavy atom. The van der Waals surface area contributed by atoms with Gasteiger partial charge in [0, 0.05) is 13.1 Å². The summed E-state index contributed by atoms with van der Waals surface area (Å²) in [7, 11) is 0. The summed E-state index contributed by atoms with van der Waals surface area (Å²) in [6, 6.07) is -0.459. The number of piperidine rings is 1. The molecule has 0 bridgehead atoms. The van der Waals surface area contributed by atoms with Crippen molar-refractivity contribution in [3.05, 3.63) is 0 Å². The lowest BCUT2D eigenvalue weighted by molar-refractivity contribution is -0.142. The number of nitrogens with zero attached hydrogens (tertiary/aromatic N) is 1. The van der Waals surface area contributed by atoms with E-state index >= 15 is 0 Å². The Hall–Kier alpha value is -1.63. The number of hydrogen-bond donors (Lipinski definition) is 3. The van der Waals surface area contributed by atoms with E-state index in [2.05, 4.69) is 16.0 Å². The predicted octanol–water partition coefficient (Wildman–Crippen LogP) is -0.423. The van der Waals surface area contributed by atoms with Gasteiger partial charge in [-0.3, -0.25) is 14.9 Å². The minimum Gasteiger partial charge on any atom is -0.339 e. The second-order valence-electron chi connectivity index (χ2n) is 6.38. The Morgan fingerprint density at radius 2 is 2.14 bits per heavy atom. The van der Waals surface area contributed by atoms with Crippen molar-refractivity contribution in [3.8, 4) is 0 Å². The molecule has 7 nitrogen and oxygen atoms in total. The van der Waals surface area contributed by atoms with Crippen LogP contribution in [0.3, 0.4) is 0 Å². The SMILES string of the molecule is CCC1(C(=O)N2CCC3(C2)NC(=O)NC3=O)CCCNC1. The number of imide groups is 1. The quantitative estimate of drug-likeness (QED) is 0.603. The molecule has 0 aromatic heterocycles. The summed E-state index contributed by atoms with van der Waals surface area (Å²) in [5.41, 5.74) is -1.27. The molecule has 7 heteroatoms. The minimum absolute atomic E-state index is 0.114. The second kappa shape index (κ2) is 4.98. The monoisotopic (exact) mass is 294 g/mol. The van der Waals surface area contributed by atoms with E-state index in [1.54, 1.807) is 4.90 Å². The standard InChI is InChI=1S/C14H22N4O3/c1-2-13(4-3-6-15-8-13)11(20)18-7-5-14(9-18)10(19)16-12(21)17-14/h15H,2-9H2,1H3,(H2,16,17,19,21). The number of likely N-dealkylation sites (tertiary alicyclic amines) is 1. The number of amides is 4. The average Bonchev–Trinajstić information content (AvgIpc) is 3.03. The lowest BCUT2D eigenvalue weighted by Crippen LogP contribution is -2.54. The van der Waals surface area contributed by atoms with E-state index in [-0.39, 0.29) is 23.8 Å². The number of nitrogens with one attached hydrogen (secondary N) is 3. The van der Waals surface area contributed by atoms with E-state index in [0.29, 0.717) is 19.5 Å². The summed E-state index contributed by atoms with van der Waals surface area (Å²) in [5.74, 6) is -0.196. The highest BCUT2D eigenvalue weighted by molar-refractivity contribution is 6.07. The number of carbonyl (C=O) groups is 3. The van der Waals surface area contributed by atoms with Crippen molar-refractivity contribution < 1.29 is 14.4 Å². The third kappa shape index (κ3) is 2.19. The first kappa shape index (κ1) is 14.3. The van der Waals surface area contributed by atoms with Gasteiger partial charge in [-0.2, -0.15) is 0 Å². The lowest BCUT2D eigenvalue weighted by atomic mass is 9.77. The van der Waals surface area contributed by atoms with Crippen LogP contribution < -0.4 is 16.0 Å². The predicted molar refractivity (Wildman–Crippen MR) is 75.4 cm³/mol. The van der Waals surface area contributed by atoms with Crippen LogP contribution in [0, 0.1) is 5.41 Å². The van der Waals surface area contributed by atoms with Gasteiger partial charge in [0.15, 0.2) is 0 Å². The van der Waals surface area contributed by atoms with Crippen molar-refractivity contribution in [3.63, 3.8) is 0 Å². The van der Waals surface area contributed by atoms with Gasteiger partial charge in [-0.15, -0.1) is 0 Å². The zero-order valence-electron chi connectivity index (χ0n) is 12.3. The summed E-state index contributed by atoms with van der Waals surface area (Å²) in [4.78, 5) is 38.0. The molecule has 0 saturated carbocycles. The molecule has 3 aliphatic heterocycles. The van der Waals surface area contributed by atoms with Gasteiger partial charge in [-0.05, 0) is 32.2 Å². The molecule has 1 spiro atoms. The minimum atomic E-state index is -0.913. The fourth-order valence-corrected chi connectivity index (χ4v) is 3.74. The molecule has 4 amide bonds. The van der Waals surface area contributed by atoms with E-state index in [0.717, 1.165) is 25.8 Å². The highest BCUT2D eigenvalue weighted by atomic mass is 16.2. The van der Waals surface area contributed by atoms with Crippen molar-refractivity contribution in [2.24, 2.45) is 5.41 Å². The molecule has 0 aromatic rings. The number of hydrogen-bond acceptors (Lipinski definition) is 4. The van der Waals surface area contributed by atoms with Crippen LogP contribution in [-0.4, -0.2) is 54.5 Å². The van der Waals surface area contributed by atoms with Crippen LogP contribution in [0.25, 0.3) is 0 Å². The van der Waals surface area contributed by atoms with Gasteiger partial charge in [0.2, 0.25) is 5.91 Å². The van der Waals surface area contributed by atoms with Crippen molar-refractivity contribution in [2.45, 2.75) is 38.1 Å². The van der Waals surface area contributed by atoms with Gasteiger partial charge in [-0.1, -0.05) is 6.92 Å². The molecule has 0 aliphatic carbocycles. The summed E-state index contributed by atoms with van der Waals surface area (Å²) in [5, 5.41) is 8.27. The van der Waals surface area contributed by atoms with Crippen LogP contribution in [0.15, 0.2) is 0 Å². The van der Waals surface area contributed by atoms with E-state index in [1.165, 1.54) is 0 Å². The van der Waals surface area contributed by atoms with Crippen LogP contribution >= 0.6 is 0 Å². The van der Waals surface area contributed by atoms with Crippen LogP contribution in [0.4, 0.5) is 4.79 Å². The molecule has 2 unspecified atom stereocenters. The Bertz CT molecular complexity index is 487. The maximum Gasteiger partial charge on any atom is 0.322 e. The molecule has 116 valence electrons. The van der Waals surface area contributed by atoms with Crippen molar-refractivity contribution in [1.82, 2.24) is 20.9 Å². The van der Waals surface area contributed by atoms with E-state index in [1.807, 2.05) is 6.92 Å². The Labute approximate surface area is 123 Å². The molecule has 2 atom stereocenters. The molecule has 0 radical (unpaired) electrons. The van der Waals surface area contributed by atoms with E-state index < -0.39 is 11.6 Å². The maximum absolute atomic E-state index is 12.9. The molecule has 3 rings (SSSR count). The molecule has 3 saturated heterocycles. The molecule has 3 N–H and O–H groups in total. The highest BCUT2D eigenvalue weighted by Crippen LogP contribution is 2.35. The molecule has 0 aromatic carbocycles. The van der Waals surface area contributed by atoms with Crippen molar-refractivity contribution >= 4 is 17.8 Å². The Kier molecular flexibility index (Phi) is 3.39. The summed E-state index contributed by atoms with van der Waals surface area (Å²) >= 11 is 0. The number of rotatable bonds is 2. The average molecular weight is 294 g/mol. The van der Waals surface area contributed by atoms with Gasteiger partial charge in [-0.25, -0.2) is 4.79 Å². The zero-order chi connectivity index (χ0) is 15.1. The molecular weight excluding hydrogens is 272 g/mol. The Morgan fingerprint density at radius 3 is 2.71 bits per heavy atom. The molecule has 3 fully saturated rings. The fraction of sp³-hybridized carbons (Fsp3) is 0.786. The first-order valence-electron chi connectivity index (χ1n) is 7.65. The van der Waals surface area contributed by atoms with E-state index in [4.69, 9.17) is 0 Å². The topological polar surface area (TPSA) is 90.5 Å². The molecule has 3 aliphatic rings. The zero-order valence-corrected chi connectivity index (χ0v) is 12.3. The summed E-state index contributed by atoms with van der Waals surface area (Å²) < 4.78 is 0. The lowest BCUT2D eigenvalue weighted by Gasteiger charge is -2.38. The summed E-state index contributed by atoms with van der Waals surface area (Å²) in [6.07, 6.45) is 3.16. The third-order valence-corrected chi connectivity index (χ3v) is 5.17. The van der Waals surface area contributed by atoms with Crippen LogP contribution in [0.1, 0.15) is 32.6 Å². The Balaban J connectivity index is 1.75. The van der Waals surface area contributed by atoms with Crippen LogP contribution in [0.5, 0.6) is 0 Å². The van der Waals surface area contributed by atoms with Crippen molar-refractivity contribution in [1.29, 1.82) is 0 Å². The first-order chi connectivity index (χ1) is 10.0. The third-order valence-electron chi connectivity index (χ3n) is 5.17. The van der Waals surface area contributed by atoms with Crippen LogP contribution in [-0.2, 0) is 9.59 Å². The van der Waals surface area contributed by atoms with Gasteiger partial charge in [0.1, 0.15) is 5.54 Å². The van der Waals surface area contributed by atoms with E-state index in [9.17, 15) is 14.4 Å². The smallest absolute Gasteiger partial charge is 0.322 e. The van der Waals surface area contributed by atoms with Crippen LogP contribution in [0.2, 0.25) is 0 Å². The van der Waals surface area contributed by atoms with Gasteiger partial charge >= 0.3 is 6.03 Å². The van der Waals surface area contributed by atoms with Gasteiger partial charge in [0.25, 0.3) is 5.91 Å². The second-order valence-corrected chi connectivity index (χ2v) is 6.38. The summed E-state index contributed by atoms with van der Waals surface area (Å²) in [6.45, 7) is 4.50. The normalized spacial score (nSPS) is 36.0. The molecule has 3 heterocycles. The highest BCUT2D eigenvalue weighted by Gasteiger charge is 2.53. The van der Waals surface area contributed by atoms with Gasteiger partial charge < -0.3 is 15.5 Å². The van der Waals surface area contributed by atoms with Crippen molar-refractivity contribution in [2.75, 3.05) is 26.2 Å². The largest absolute Gasteiger partial charge is 0.339 e. The van der Waals surface area contributed by atoms with Gasteiger partial charge in [0.05, 0.1) is 12.0 Å². The molecule has 21 heavy (non-hydrogen) atoms.